The zero-order chi connectivity index (χ0) is 17.2. The number of hydrogen-bond acceptors (Lipinski definition) is 4. The molecular weight excluding hydrogens is 352 g/mol. The van der Waals surface area contributed by atoms with Gasteiger partial charge in [-0.1, -0.05) is 24.3 Å². The lowest BCUT2D eigenvalue weighted by Crippen LogP contribution is -2.49. The molecule has 2 aliphatic heterocycles. The van der Waals surface area contributed by atoms with Gasteiger partial charge in [0.15, 0.2) is 0 Å². The van der Waals surface area contributed by atoms with Gasteiger partial charge in [0.05, 0.1) is 19.1 Å². The molecule has 0 bridgehead atoms. The second kappa shape index (κ2) is 8.20. The van der Waals surface area contributed by atoms with Gasteiger partial charge < -0.3 is 19.5 Å². The molecule has 1 saturated heterocycles. The third kappa shape index (κ3) is 3.63. The number of benzene rings is 1. The Morgan fingerprint density at radius 3 is 3.04 bits per heavy atom. The molecule has 6 nitrogen and oxygen atoms in total. The SMILES string of the molecule is Cl.Cn1ccnc1C1CNCCN1C(=O)CC1OCCc2ccccc21. The van der Waals surface area contributed by atoms with Crippen LogP contribution in [0.15, 0.2) is 36.7 Å². The number of ether oxygens (including phenoxy) is 1. The molecule has 1 aromatic heterocycles. The Hall–Kier alpha value is -1.89. The van der Waals surface area contributed by atoms with Gasteiger partial charge in [-0.25, -0.2) is 4.98 Å². The number of hydrogen-bond donors (Lipinski definition) is 1. The van der Waals surface area contributed by atoms with Crippen molar-refractivity contribution in [3.05, 3.63) is 53.6 Å². The second-order valence-corrected chi connectivity index (χ2v) is 6.72. The maximum absolute atomic E-state index is 13.1. The van der Waals surface area contributed by atoms with Crippen molar-refractivity contribution >= 4 is 18.3 Å². The predicted molar refractivity (Wildman–Crippen MR) is 101 cm³/mol. The number of halogens is 1. The Bertz CT molecular complexity index is 764. The van der Waals surface area contributed by atoms with Gasteiger partial charge >= 0.3 is 0 Å². The molecule has 26 heavy (non-hydrogen) atoms. The number of imidazole rings is 1. The van der Waals surface area contributed by atoms with Gasteiger partial charge in [-0.3, -0.25) is 4.79 Å². The molecule has 0 saturated carbocycles. The van der Waals surface area contributed by atoms with Crippen molar-refractivity contribution in [2.24, 2.45) is 7.05 Å². The summed E-state index contributed by atoms with van der Waals surface area (Å²) in [6.45, 7) is 2.93. The van der Waals surface area contributed by atoms with Gasteiger partial charge in [-0.05, 0) is 17.5 Å². The van der Waals surface area contributed by atoms with E-state index in [-0.39, 0.29) is 30.5 Å². The molecule has 4 rings (SSSR count). The maximum atomic E-state index is 13.1. The highest BCUT2D eigenvalue weighted by atomic mass is 35.5. The molecule has 1 amide bonds. The molecule has 140 valence electrons. The van der Waals surface area contributed by atoms with Crippen LogP contribution in [0.2, 0.25) is 0 Å². The predicted octanol–water partition coefficient (Wildman–Crippen LogP) is 2.02. The Balaban J connectivity index is 0.00000196. The first-order valence-electron chi connectivity index (χ1n) is 8.91. The minimum atomic E-state index is -0.144. The van der Waals surface area contributed by atoms with Crippen LogP contribution in [-0.2, 0) is 23.0 Å². The first-order valence-corrected chi connectivity index (χ1v) is 8.91. The highest BCUT2D eigenvalue weighted by Crippen LogP contribution is 2.31. The standard InChI is InChI=1S/C19H24N4O2.ClH/c1-22-9-8-21-19(22)16-13-20-7-10-23(16)18(24)12-17-15-5-3-2-4-14(15)6-11-25-17;/h2-5,8-9,16-17,20H,6-7,10-13H2,1H3;1H. The minimum Gasteiger partial charge on any atom is -0.373 e. The van der Waals surface area contributed by atoms with E-state index in [4.69, 9.17) is 4.74 Å². The van der Waals surface area contributed by atoms with Crippen LogP contribution in [0.25, 0.3) is 0 Å². The smallest absolute Gasteiger partial charge is 0.226 e. The summed E-state index contributed by atoms with van der Waals surface area (Å²) < 4.78 is 7.92. The fourth-order valence-corrected chi connectivity index (χ4v) is 3.85. The molecule has 0 spiro atoms. The number of piperazine rings is 1. The van der Waals surface area contributed by atoms with Crippen LogP contribution in [0.4, 0.5) is 0 Å². The third-order valence-corrected chi connectivity index (χ3v) is 5.17. The van der Waals surface area contributed by atoms with E-state index >= 15 is 0 Å². The van der Waals surface area contributed by atoms with E-state index < -0.39 is 0 Å². The van der Waals surface area contributed by atoms with E-state index in [9.17, 15) is 4.79 Å². The number of nitrogens with one attached hydrogen (secondary N) is 1. The summed E-state index contributed by atoms with van der Waals surface area (Å²) in [7, 11) is 1.97. The lowest BCUT2D eigenvalue weighted by molar-refractivity contribution is -0.138. The molecule has 2 aromatic rings. The van der Waals surface area contributed by atoms with E-state index in [0.717, 1.165) is 30.9 Å². The summed E-state index contributed by atoms with van der Waals surface area (Å²) in [5, 5.41) is 3.38. The second-order valence-electron chi connectivity index (χ2n) is 6.72. The van der Waals surface area contributed by atoms with Crippen LogP contribution >= 0.6 is 12.4 Å². The van der Waals surface area contributed by atoms with Gasteiger partial charge in [0.2, 0.25) is 5.91 Å². The normalized spacial score (nSPS) is 22.4. The molecule has 3 heterocycles. The van der Waals surface area contributed by atoms with Crippen molar-refractivity contribution in [1.29, 1.82) is 0 Å². The van der Waals surface area contributed by atoms with Crippen molar-refractivity contribution in [1.82, 2.24) is 19.8 Å². The third-order valence-electron chi connectivity index (χ3n) is 5.17. The van der Waals surface area contributed by atoms with E-state index in [2.05, 4.69) is 28.5 Å². The molecule has 0 aliphatic carbocycles. The Kier molecular flexibility index (Phi) is 5.96. The first-order chi connectivity index (χ1) is 12.2. The summed E-state index contributed by atoms with van der Waals surface area (Å²) >= 11 is 0. The van der Waals surface area contributed by atoms with Crippen molar-refractivity contribution in [3.63, 3.8) is 0 Å². The maximum Gasteiger partial charge on any atom is 0.226 e. The molecule has 1 N–H and O–H groups in total. The first kappa shape index (κ1) is 18.9. The lowest BCUT2D eigenvalue weighted by Gasteiger charge is -2.37. The largest absolute Gasteiger partial charge is 0.373 e. The Morgan fingerprint density at radius 1 is 1.38 bits per heavy atom. The molecule has 1 aromatic carbocycles. The highest BCUT2D eigenvalue weighted by molar-refractivity contribution is 5.85. The number of nitrogens with zero attached hydrogens (tertiary/aromatic N) is 3. The highest BCUT2D eigenvalue weighted by Gasteiger charge is 2.33. The average molecular weight is 377 g/mol. The molecule has 0 radical (unpaired) electrons. The van der Waals surface area contributed by atoms with Gasteiger partial charge in [-0.15, -0.1) is 12.4 Å². The number of amides is 1. The van der Waals surface area contributed by atoms with Crippen LogP contribution in [0.3, 0.4) is 0 Å². The zero-order valence-electron chi connectivity index (χ0n) is 14.9. The summed E-state index contributed by atoms with van der Waals surface area (Å²) in [4.78, 5) is 19.5. The number of rotatable bonds is 3. The zero-order valence-corrected chi connectivity index (χ0v) is 15.7. The van der Waals surface area contributed by atoms with Crippen molar-refractivity contribution in [2.75, 3.05) is 26.2 Å². The fraction of sp³-hybridized carbons (Fsp3) is 0.474. The van der Waals surface area contributed by atoms with E-state index in [1.54, 1.807) is 6.20 Å². The molecule has 2 atom stereocenters. The average Bonchev–Trinajstić information content (AvgIpc) is 3.08. The molecule has 2 aliphatic rings. The molecule has 1 fully saturated rings. The van der Waals surface area contributed by atoms with Crippen molar-refractivity contribution < 1.29 is 9.53 Å². The van der Waals surface area contributed by atoms with Crippen LogP contribution < -0.4 is 5.32 Å². The Labute approximate surface area is 160 Å². The fourth-order valence-electron chi connectivity index (χ4n) is 3.85. The Morgan fingerprint density at radius 2 is 2.23 bits per heavy atom. The summed E-state index contributed by atoms with van der Waals surface area (Å²) in [6, 6.07) is 8.26. The van der Waals surface area contributed by atoms with E-state index in [1.807, 2.05) is 28.8 Å². The summed E-state index contributed by atoms with van der Waals surface area (Å²) in [6.07, 6.45) is 4.87. The van der Waals surface area contributed by atoms with Gasteiger partial charge in [0, 0.05) is 39.1 Å². The quantitative estimate of drug-likeness (QED) is 0.890. The molecule has 2 unspecified atom stereocenters. The van der Waals surface area contributed by atoms with Gasteiger partial charge in [0.1, 0.15) is 11.9 Å². The van der Waals surface area contributed by atoms with Gasteiger partial charge in [0.25, 0.3) is 0 Å². The van der Waals surface area contributed by atoms with Crippen molar-refractivity contribution in [3.8, 4) is 0 Å². The summed E-state index contributed by atoms with van der Waals surface area (Å²) in [5.41, 5.74) is 2.46. The minimum absolute atomic E-state index is 0. The van der Waals surface area contributed by atoms with E-state index in [1.165, 1.54) is 5.56 Å². The number of aromatic nitrogens is 2. The summed E-state index contributed by atoms with van der Waals surface area (Å²) in [5.74, 6) is 1.06. The van der Waals surface area contributed by atoms with Crippen LogP contribution in [0.1, 0.15) is 35.5 Å². The lowest BCUT2D eigenvalue weighted by atomic mass is 9.95. The molecule has 7 heteroatoms. The number of fused-ring (bicyclic) bond motifs is 1. The topological polar surface area (TPSA) is 59.4 Å². The van der Waals surface area contributed by atoms with Crippen LogP contribution in [0.5, 0.6) is 0 Å². The van der Waals surface area contributed by atoms with E-state index in [0.29, 0.717) is 19.6 Å². The number of carbonyl (C=O) groups excluding carboxylic acids is 1. The van der Waals surface area contributed by atoms with Gasteiger partial charge in [-0.2, -0.15) is 0 Å². The van der Waals surface area contributed by atoms with Crippen LogP contribution in [-0.4, -0.2) is 46.6 Å². The monoisotopic (exact) mass is 376 g/mol. The van der Waals surface area contributed by atoms with Crippen molar-refractivity contribution in [2.45, 2.75) is 25.0 Å². The number of carbonyl (C=O) groups is 1. The van der Waals surface area contributed by atoms with Crippen LogP contribution in [0, 0.1) is 0 Å². The molecular formula is C19H25ClN4O2. The number of aryl methyl sites for hydroxylation is 1.